The van der Waals surface area contributed by atoms with Crippen LogP contribution in [0, 0.1) is 0 Å². The van der Waals surface area contributed by atoms with Crippen molar-refractivity contribution in [2.24, 2.45) is 0 Å². The molecule has 0 saturated carbocycles. The van der Waals surface area contributed by atoms with Crippen LogP contribution >= 0.6 is 0 Å². The van der Waals surface area contributed by atoms with Crippen LogP contribution in [0.15, 0.2) is 0 Å². The Labute approximate surface area is 130 Å². The van der Waals surface area contributed by atoms with Gasteiger partial charge >= 0.3 is 23.9 Å². The number of carboxylic acid groups (broad SMARTS) is 5. The van der Waals surface area contributed by atoms with Crippen molar-refractivity contribution in [3.8, 4) is 0 Å². The Hall–Kier alpha value is -2.73. The molecule has 23 heavy (non-hydrogen) atoms. The first kappa shape index (κ1) is 22.5. The lowest BCUT2D eigenvalue weighted by Crippen LogP contribution is -2.43. The predicted molar refractivity (Wildman–Crippen MR) is 72.1 cm³/mol. The van der Waals surface area contributed by atoms with E-state index in [9.17, 15) is 19.2 Å². The van der Waals surface area contributed by atoms with E-state index in [1.807, 2.05) is 0 Å². The molecule has 0 atom stereocenters. The normalized spacial score (nSPS) is 9.83. The first-order valence-electron chi connectivity index (χ1n) is 6.02. The Morgan fingerprint density at radius 1 is 0.652 bits per heavy atom. The molecule has 0 spiro atoms. The van der Waals surface area contributed by atoms with Gasteiger partial charge in [-0.3, -0.25) is 33.8 Å². The Morgan fingerprint density at radius 3 is 0.957 bits per heavy atom. The molecule has 0 saturated heterocycles. The van der Waals surface area contributed by atoms with Gasteiger partial charge in [0, 0.05) is 13.1 Å². The molecular formula is C11H18N2O10. The van der Waals surface area contributed by atoms with E-state index in [-0.39, 0.29) is 19.6 Å². The van der Waals surface area contributed by atoms with Crippen molar-refractivity contribution in [2.75, 3.05) is 39.3 Å². The summed E-state index contributed by atoms with van der Waals surface area (Å²) in [6.07, 6.45) is 0. The molecule has 132 valence electrons. The molecule has 0 aromatic rings. The molecule has 0 bridgehead atoms. The van der Waals surface area contributed by atoms with E-state index in [0.29, 0.717) is 0 Å². The van der Waals surface area contributed by atoms with Crippen LogP contribution < -0.4 is 0 Å². The molecule has 0 rings (SSSR count). The molecule has 0 aromatic carbocycles. The highest BCUT2D eigenvalue weighted by molar-refractivity contribution is 5.73. The van der Waals surface area contributed by atoms with Crippen LogP contribution in [-0.4, -0.2) is 105 Å². The fraction of sp³-hybridized carbons (Fsp3) is 0.545. The minimum absolute atomic E-state index is 0.0703. The molecule has 0 amide bonds. The fourth-order valence-electron chi connectivity index (χ4n) is 1.48. The zero-order valence-corrected chi connectivity index (χ0v) is 12.0. The van der Waals surface area contributed by atoms with Gasteiger partial charge in [-0.15, -0.1) is 0 Å². The third-order valence-corrected chi connectivity index (χ3v) is 2.17. The van der Waals surface area contributed by atoms with Crippen molar-refractivity contribution in [2.45, 2.75) is 0 Å². The summed E-state index contributed by atoms with van der Waals surface area (Å²) in [6.45, 7) is -2.50. The molecule has 0 aliphatic carbocycles. The number of aliphatic carboxylic acids is 4. The van der Waals surface area contributed by atoms with E-state index < -0.39 is 50.1 Å². The SMILES string of the molecule is O=C(O)CN(CCN(CC(=O)O)CC(=O)O)CC(=O)O.O=CO. The standard InChI is InChI=1S/C10H16N2O8.CH2O2/c13-7(14)3-11(4-8(15)16)1-2-12(5-9(17)18)6-10(19)20;2-1-3/h1-6H2,(H,13,14)(H,15,16)(H,17,18)(H,19,20);1H,(H,2,3). The molecule has 0 heterocycles. The van der Waals surface area contributed by atoms with Crippen molar-refractivity contribution in [1.29, 1.82) is 0 Å². The molecule has 0 unspecified atom stereocenters. The summed E-state index contributed by atoms with van der Waals surface area (Å²) in [5, 5.41) is 41.4. The van der Waals surface area contributed by atoms with Gasteiger partial charge in [-0.25, -0.2) is 0 Å². The minimum atomic E-state index is -1.23. The lowest BCUT2D eigenvalue weighted by Gasteiger charge is -2.23. The zero-order chi connectivity index (χ0) is 18.4. The molecule has 12 nitrogen and oxygen atoms in total. The smallest absolute Gasteiger partial charge is 0.317 e. The third kappa shape index (κ3) is 17.2. The van der Waals surface area contributed by atoms with Crippen molar-refractivity contribution < 1.29 is 49.5 Å². The molecule has 0 fully saturated rings. The number of carboxylic acids is 4. The summed E-state index contributed by atoms with van der Waals surface area (Å²) in [5.74, 6) is -4.91. The van der Waals surface area contributed by atoms with Crippen LogP contribution in [0.25, 0.3) is 0 Å². The lowest BCUT2D eigenvalue weighted by atomic mass is 10.4. The topological polar surface area (TPSA) is 193 Å². The largest absolute Gasteiger partial charge is 0.483 e. The predicted octanol–water partition coefficient (Wildman–Crippen LogP) is -2.37. The summed E-state index contributed by atoms with van der Waals surface area (Å²) in [4.78, 5) is 52.7. The Bertz CT molecular complexity index is 357. The van der Waals surface area contributed by atoms with Gasteiger partial charge in [0.1, 0.15) is 0 Å². The zero-order valence-electron chi connectivity index (χ0n) is 12.0. The van der Waals surface area contributed by atoms with E-state index in [0.717, 1.165) is 9.80 Å². The highest BCUT2D eigenvalue weighted by Crippen LogP contribution is 1.94. The average Bonchev–Trinajstić information content (AvgIpc) is 2.33. The van der Waals surface area contributed by atoms with Gasteiger partial charge in [0.05, 0.1) is 26.2 Å². The van der Waals surface area contributed by atoms with E-state index in [4.69, 9.17) is 30.3 Å². The van der Waals surface area contributed by atoms with Crippen LogP contribution in [0.5, 0.6) is 0 Å². The summed E-state index contributed by atoms with van der Waals surface area (Å²) >= 11 is 0. The first-order chi connectivity index (χ1) is 10.6. The molecule has 5 N–H and O–H groups in total. The second-order valence-corrected chi connectivity index (χ2v) is 4.10. The van der Waals surface area contributed by atoms with Gasteiger partial charge < -0.3 is 25.5 Å². The van der Waals surface area contributed by atoms with Crippen LogP contribution in [0.2, 0.25) is 0 Å². The molecule has 0 aromatic heterocycles. The van der Waals surface area contributed by atoms with Gasteiger partial charge in [-0.1, -0.05) is 0 Å². The van der Waals surface area contributed by atoms with E-state index >= 15 is 0 Å². The Morgan fingerprint density at radius 2 is 0.826 bits per heavy atom. The maximum absolute atomic E-state index is 10.6. The second kappa shape index (κ2) is 13.0. The van der Waals surface area contributed by atoms with Crippen molar-refractivity contribution in [1.82, 2.24) is 9.80 Å². The van der Waals surface area contributed by atoms with Gasteiger partial charge in [0.2, 0.25) is 0 Å². The summed E-state index contributed by atoms with van der Waals surface area (Å²) in [6, 6.07) is 0. The van der Waals surface area contributed by atoms with Gasteiger partial charge in [-0.2, -0.15) is 0 Å². The maximum atomic E-state index is 10.6. The lowest BCUT2D eigenvalue weighted by molar-refractivity contribution is -0.145. The van der Waals surface area contributed by atoms with Crippen molar-refractivity contribution in [3.63, 3.8) is 0 Å². The van der Waals surface area contributed by atoms with Crippen molar-refractivity contribution in [3.05, 3.63) is 0 Å². The molecule has 0 aliphatic heterocycles. The third-order valence-electron chi connectivity index (χ3n) is 2.17. The highest BCUT2D eigenvalue weighted by atomic mass is 16.4. The summed E-state index contributed by atoms with van der Waals surface area (Å²) < 4.78 is 0. The molecule has 0 radical (unpaired) electrons. The average molecular weight is 338 g/mol. The van der Waals surface area contributed by atoms with Crippen LogP contribution in [0.4, 0.5) is 0 Å². The van der Waals surface area contributed by atoms with Gasteiger partial charge in [-0.05, 0) is 0 Å². The number of rotatable bonds is 11. The Kier molecular flexibility index (Phi) is 12.7. The van der Waals surface area contributed by atoms with Crippen LogP contribution in [-0.2, 0) is 24.0 Å². The summed E-state index contributed by atoms with van der Waals surface area (Å²) in [5.41, 5.74) is 0. The number of nitrogens with zero attached hydrogens (tertiary/aromatic N) is 2. The first-order valence-corrected chi connectivity index (χ1v) is 6.02. The molecule has 0 aliphatic rings. The van der Waals surface area contributed by atoms with E-state index in [2.05, 4.69) is 0 Å². The molecular weight excluding hydrogens is 320 g/mol. The maximum Gasteiger partial charge on any atom is 0.317 e. The second-order valence-electron chi connectivity index (χ2n) is 4.10. The van der Waals surface area contributed by atoms with E-state index in [1.54, 1.807) is 0 Å². The van der Waals surface area contributed by atoms with E-state index in [1.165, 1.54) is 0 Å². The number of hydrogen-bond donors (Lipinski definition) is 5. The monoisotopic (exact) mass is 338 g/mol. The number of carbonyl (C=O) groups is 5. The van der Waals surface area contributed by atoms with Crippen molar-refractivity contribution >= 4 is 30.3 Å². The van der Waals surface area contributed by atoms with Gasteiger partial charge in [0.15, 0.2) is 0 Å². The Balaban J connectivity index is 0. The highest BCUT2D eigenvalue weighted by Gasteiger charge is 2.17. The summed E-state index contributed by atoms with van der Waals surface area (Å²) in [7, 11) is 0. The minimum Gasteiger partial charge on any atom is -0.483 e. The fourth-order valence-corrected chi connectivity index (χ4v) is 1.48. The molecule has 12 heteroatoms. The van der Waals surface area contributed by atoms with Crippen LogP contribution in [0.3, 0.4) is 0 Å². The number of hydrogen-bond acceptors (Lipinski definition) is 7. The quantitative estimate of drug-likeness (QED) is 0.252. The van der Waals surface area contributed by atoms with Gasteiger partial charge in [0.25, 0.3) is 6.47 Å². The van der Waals surface area contributed by atoms with Crippen LogP contribution in [0.1, 0.15) is 0 Å².